The zero-order valence-corrected chi connectivity index (χ0v) is 11.2. The van der Waals surface area contributed by atoms with Crippen LogP contribution in [0.15, 0.2) is 18.2 Å². The van der Waals surface area contributed by atoms with E-state index in [0.29, 0.717) is 22.4 Å². The molecule has 2 saturated carbocycles. The van der Waals surface area contributed by atoms with E-state index in [-0.39, 0.29) is 12.1 Å². The fraction of sp³-hybridized carbons (Fsp3) is 0.533. The van der Waals surface area contributed by atoms with Crippen molar-refractivity contribution in [3.05, 3.63) is 28.8 Å². The summed E-state index contributed by atoms with van der Waals surface area (Å²) < 4.78 is 0. The normalized spacial score (nSPS) is 38.8. The molecular weight excluding hydrogens is 260 g/mol. The zero-order valence-electron chi connectivity index (χ0n) is 10.5. The van der Waals surface area contributed by atoms with Crippen LogP contribution in [0, 0.1) is 29.1 Å². The number of aliphatic hydroxyl groups is 1. The van der Waals surface area contributed by atoms with Gasteiger partial charge < -0.3 is 10.0 Å². The molecule has 1 N–H and O–H groups in total. The van der Waals surface area contributed by atoms with E-state index in [1.54, 1.807) is 6.07 Å². The predicted octanol–water partition coefficient (Wildman–Crippen LogP) is 2.42. The van der Waals surface area contributed by atoms with Crippen molar-refractivity contribution in [1.82, 2.24) is 0 Å². The zero-order chi connectivity index (χ0) is 13.1. The van der Waals surface area contributed by atoms with Gasteiger partial charge in [0.25, 0.3) is 0 Å². The summed E-state index contributed by atoms with van der Waals surface area (Å²) in [6.45, 7) is 1.02. The molecule has 1 heterocycles. The minimum atomic E-state index is -0.196. The van der Waals surface area contributed by atoms with Crippen LogP contribution in [0.2, 0.25) is 5.02 Å². The van der Waals surface area contributed by atoms with Gasteiger partial charge in [0.1, 0.15) is 6.07 Å². The quantitative estimate of drug-likeness (QED) is 0.856. The minimum Gasteiger partial charge on any atom is -0.391 e. The van der Waals surface area contributed by atoms with E-state index in [0.717, 1.165) is 18.2 Å². The molecule has 4 rings (SSSR count). The summed E-state index contributed by atoms with van der Waals surface area (Å²) in [7, 11) is 0. The molecule has 19 heavy (non-hydrogen) atoms. The van der Waals surface area contributed by atoms with Crippen LogP contribution in [0.3, 0.4) is 0 Å². The summed E-state index contributed by atoms with van der Waals surface area (Å²) in [5.74, 6) is 1.88. The third-order valence-corrected chi connectivity index (χ3v) is 5.57. The fourth-order valence-corrected chi connectivity index (χ4v) is 4.70. The van der Waals surface area contributed by atoms with Gasteiger partial charge in [0.15, 0.2) is 0 Å². The Morgan fingerprint density at radius 3 is 2.84 bits per heavy atom. The smallest absolute Gasteiger partial charge is 0.101 e. The first kappa shape index (κ1) is 11.6. The maximum atomic E-state index is 10.4. The Labute approximate surface area is 117 Å². The Bertz CT molecular complexity index is 580. The summed E-state index contributed by atoms with van der Waals surface area (Å²) in [4.78, 5) is 2.31. The average Bonchev–Trinajstić information content (AvgIpc) is 2.99. The summed E-state index contributed by atoms with van der Waals surface area (Å²) >= 11 is 6.12. The first-order valence-corrected chi connectivity index (χ1v) is 7.21. The summed E-state index contributed by atoms with van der Waals surface area (Å²) in [6.07, 6.45) is 2.15. The van der Waals surface area contributed by atoms with Gasteiger partial charge in [-0.1, -0.05) is 11.6 Å². The Hall–Kier alpha value is -1.24. The molecule has 3 fully saturated rings. The van der Waals surface area contributed by atoms with E-state index in [1.807, 2.05) is 12.1 Å². The first-order valence-electron chi connectivity index (χ1n) is 6.83. The molecule has 1 aromatic rings. The van der Waals surface area contributed by atoms with Crippen molar-refractivity contribution in [3.63, 3.8) is 0 Å². The van der Waals surface area contributed by atoms with Crippen LogP contribution < -0.4 is 4.90 Å². The Morgan fingerprint density at radius 2 is 2.16 bits per heavy atom. The molecule has 1 aromatic carbocycles. The molecule has 2 aliphatic carbocycles. The van der Waals surface area contributed by atoms with Crippen LogP contribution in [-0.2, 0) is 0 Å². The van der Waals surface area contributed by atoms with Crippen LogP contribution >= 0.6 is 11.6 Å². The van der Waals surface area contributed by atoms with Crippen LogP contribution in [0.1, 0.15) is 18.4 Å². The van der Waals surface area contributed by atoms with E-state index in [1.165, 1.54) is 12.8 Å². The lowest BCUT2D eigenvalue weighted by Crippen LogP contribution is -2.40. The van der Waals surface area contributed by atoms with Crippen LogP contribution in [0.25, 0.3) is 0 Å². The lowest BCUT2D eigenvalue weighted by molar-refractivity contribution is 0.0967. The lowest BCUT2D eigenvalue weighted by atomic mass is 9.88. The van der Waals surface area contributed by atoms with Crippen molar-refractivity contribution in [2.45, 2.75) is 25.0 Å². The van der Waals surface area contributed by atoms with E-state index in [4.69, 9.17) is 16.9 Å². The van der Waals surface area contributed by atoms with Gasteiger partial charge >= 0.3 is 0 Å². The van der Waals surface area contributed by atoms with Gasteiger partial charge in [-0.2, -0.15) is 5.26 Å². The number of anilines is 1. The van der Waals surface area contributed by atoms with Crippen molar-refractivity contribution in [2.24, 2.45) is 17.8 Å². The molecule has 0 radical (unpaired) electrons. The van der Waals surface area contributed by atoms with Gasteiger partial charge in [0.05, 0.1) is 22.7 Å². The Kier molecular flexibility index (Phi) is 2.36. The monoisotopic (exact) mass is 274 g/mol. The number of aliphatic hydroxyl groups excluding tert-OH is 1. The Morgan fingerprint density at radius 1 is 1.32 bits per heavy atom. The largest absolute Gasteiger partial charge is 0.391 e. The van der Waals surface area contributed by atoms with Gasteiger partial charge in [-0.15, -0.1) is 0 Å². The highest BCUT2D eigenvalue weighted by atomic mass is 35.5. The number of hydrogen-bond acceptors (Lipinski definition) is 3. The highest BCUT2D eigenvalue weighted by Gasteiger charge is 2.58. The number of fused-ring (bicyclic) bond motifs is 1. The number of nitrogens with zero attached hydrogens (tertiary/aromatic N) is 2. The number of rotatable bonds is 1. The van der Waals surface area contributed by atoms with Crippen molar-refractivity contribution in [1.29, 1.82) is 5.26 Å². The summed E-state index contributed by atoms with van der Waals surface area (Å²) in [5, 5.41) is 19.8. The molecule has 5 atom stereocenters. The first-order chi connectivity index (χ1) is 9.19. The number of hydrogen-bond donors (Lipinski definition) is 1. The summed E-state index contributed by atoms with van der Waals surface area (Å²) in [6, 6.07) is 7.94. The topological polar surface area (TPSA) is 47.3 Å². The Balaban J connectivity index is 1.71. The van der Waals surface area contributed by atoms with Crippen molar-refractivity contribution < 1.29 is 5.11 Å². The molecule has 3 aliphatic rings. The summed E-state index contributed by atoms with van der Waals surface area (Å²) in [5.41, 5.74) is 1.56. The molecule has 1 aliphatic heterocycles. The highest BCUT2D eigenvalue weighted by molar-refractivity contribution is 6.32. The fourth-order valence-electron chi connectivity index (χ4n) is 4.48. The second-order valence-corrected chi connectivity index (χ2v) is 6.47. The van der Waals surface area contributed by atoms with Crippen molar-refractivity contribution in [2.75, 3.05) is 11.4 Å². The molecule has 2 bridgehead atoms. The third-order valence-electron chi connectivity index (χ3n) is 5.25. The second-order valence-electron chi connectivity index (χ2n) is 6.06. The SMILES string of the molecule is N#Cc1ccc(N2CC3CC4CC3C2C4O)cc1Cl. The maximum absolute atomic E-state index is 10.4. The lowest BCUT2D eigenvalue weighted by Gasteiger charge is -2.30. The molecule has 98 valence electrons. The van der Waals surface area contributed by atoms with Crippen LogP contribution in [0.5, 0.6) is 0 Å². The number of halogens is 1. The predicted molar refractivity (Wildman–Crippen MR) is 73.0 cm³/mol. The maximum Gasteiger partial charge on any atom is 0.101 e. The van der Waals surface area contributed by atoms with E-state index < -0.39 is 0 Å². The van der Waals surface area contributed by atoms with Crippen LogP contribution in [0.4, 0.5) is 5.69 Å². The van der Waals surface area contributed by atoms with Gasteiger partial charge in [-0.25, -0.2) is 0 Å². The minimum absolute atomic E-state index is 0.196. The van der Waals surface area contributed by atoms with E-state index >= 15 is 0 Å². The van der Waals surface area contributed by atoms with Crippen LogP contribution in [-0.4, -0.2) is 23.8 Å². The molecule has 0 spiro atoms. The van der Waals surface area contributed by atoms with E-state index in [9.17, 15) is 5.11 Å². The molecule has 1 saturated heterocycles. The van der Waals surface area contributed by atoms with Gasteiger partial charge in [-0.3, -0.25) is 0 Å². The molecule has 0 aromatic heterocycles. The highest BCUT2D eigenvalue weighted by Crippen LogP contribution is 2.55. The average molecular weight is 275 g/mol. The van der Waals surface area contributed by atoms with Crippen molar-refractivity contribution in [3.8, 4) is 6.07 Å². The van der Waals surface area contributed by atoms with Crippen molar-refractivity contribution >= 4 is 17.3 Å². The molecular formula is C15H15ClN2O. The number of nitriles is 1. The molecule has 5 unspecified atom stereocenters. The second kappa shape index (κ2) is 3.88. The standard InChI is InChI=1S/C15H15ClN2O/c16-13-5-11(2-1-8(13)6-17)18-7-10-3-9-4-12(10)14(18)15(9)19/h1-2,5,9-10,12,14-15,19H,3-4,7H2. The van der Waals surface area contributed by atoms with Gasteiger partial charge in [0, 0.05) is 12.2 Å². The van der Waals surface area contributed by atoms with E-state index in [2.05, 4.69) is 11.0 Å². The molecule has 3 nitrogen and oxygen atoms in total. The van der Waals surface area contributed by atoms with Gasteiger partial charge in [0.2, 0.25) is 0 Å². The molecule has 0 amide bonds. The number of benzene rings is 1. The van der Waals surface area contributed by atoms with Gasteiger partial charge in [-0.05, 0) is 48.8 Å². The third kappa shape index (κ3) is 1.47. The molecule has 4 heteroatoms.